The highest BCUT2D eigenvalue weighted by Gasteiger charge is 2.13. The summed E-state index contributed by atoms with van der Waals surface area (Å²) in [6, 6.07) is 19.4. The van der Waals surface area contributed by atoms with Gasteiger partial charge in [0.2, 0.25) is 0 Å². The van der Waals surface area contributed by atoms with E-state index >= 15 is 0 Å². The molecule has 0 aliphatic rings. The Labute approximate surface area is 188 Å². The Morgan fingerprint density at radius 1 is 0.906 bits per heavy atom. The van der Waals surface area contributed by atoms with Crippen LogP contribution in [-0.2, 0) is 9.59 Å². The lowest BCUT2D eigenvalue weighted by Crippen LogP contribution is -2.32. The number of hydrogen-bond donors (Lipinski definition) is 2. The number of carbonyl (C=O) groups is 3. The van der Waals surface area contributed by atoms with Crippen LogP contribution in [0.25, 0.3) is 0 Å². The Balaban J connectivity index is 1.56. The average Bonchev–Trinajstić information content (AvgIpc) is 2.80. The van der Waals surface area contributed by atoms with Crippen molar-refractivity contribution < 1.29 is 23.9 Å². The van der Waals surface area contributed by atoms with Crippen molar-refractivity contribution in [2.75, 3.05) is 12.4 Å². The van der Waals surface area contributed by atoms with E-state index in [2.05, 4.69) is 15.8 Å². The summed E-state index contributed by atoms with van der Waals surface area (Å²) in [5.74, 6) is -1.56. The molecule has 0 bridgehead atoms. The first-order chi connectivity index (χ1) is 15.4. The fourth-order valence-corrected chi connectivity index (χ4v) is 2.64. The van der Waals surface area contributed by atoms with Gasteiger partial charge in [-0.15, -0.1) is 0 Å². The molecule has 2 N–H and O–H groups in total. The van der Waals surface area contributed by atoms with E-state index < -0.39 is 17.8 Å². The van der Waals surface area contributed by atoms with E-state index in [0.29, 0.717) is 27.6 Å². The standard InChI is InChI=1S/C23H18ClN3O5/c1-31-19-6-3-5-16(13-19)23(30)32-20-7-2-4-15(12-20)14-25-27-22(29)21(28)26-18-10-8-17(24)9-11-18/h2-14H,1H3,(H,26,28)(H,27,29)/b25-14+. The largest absolute Gasteiger partial charge is 0.497 e. The molecule has 0 atom stereocenters. The number of nitrogens with one attached hydrogen (secondary N) is 2. The van der Waals surface area contributed by atoms with Gasteiger partial charge >= 0.3 is 17.8 Å². The number of esters is 1. The third kappa shape index (κ3) is 6.41. The summed E-state index contributed by atoms with van der Waals surface area (Å²) < 4.78 is 10.5. The number of anilines is 1. The average molecular weight is 452 g/mol. The quantitative estimate of drug-likeness (QED) is 0.195. The number of halogens is 1. The van der Waals surface area contributed by atoms with Crippen LogP contribution in [0.1, 0.15) is 15.9 Å². The van der Waals surface area contributed by atoms with Gasteiger partial charge in [-0.05, 0) is 60.2 Å². The first-order valence-corrected chi connectivity index (χ1v) is 9.68. The van der Waals surface area contributed by atoms with Gasteiger partial charge in [-0.2, -0.15) is 5.10 Å². The molecular weight excluding hydrogens is 434 g/mol. The molecule has 0 heterocycles. The number of nitrogens with zero attached hydrogens (tertiary/aromatic N) is 1. The summed E-state index contributed by atoms with van der Waals surface area (Å²) >= 11 is 5.78. The molecule has 0 spiro atoms. The van der Waals surface area contributed by atoms with Gasteiger partial charge < -0.3 is 14.8 Å². The number of rotatable bonds is 6. The summed E-state index contributed by atoms with van der Waals surface area (Å²) in [6.07, 6.45) is 1.32. The lowest BCUT2D eigenvalue weighted by Gasteiger charge is -2.06. The van der Waals surface area contributed by atoms with Crippen LogP contribution in [0.4, 0.5) is 5.69 Å². The van der Waals surface area contributed by atoms with Crippen LogP contribution in [-0.4, -0.2) is 31.1 Å². The second-order valence-corrected chi connectivity index (χ2v) is 6.79. The van der Waals surface area contributed by atoms with Gasteiger partial charge in [0.1, 0.15) is 11.5 Å². The second-order valence-electron chi connectivity index (χ2n) is 6.35. The van der Waals surface area contributed by atoms with Gasteiger partial charge in [0, 0.05) is 10.7 Å². The minimum Gasteiger partial charge on any atom is -0.497 e. The lowest BCUT2D eigenvalue weighted by molar-refractivity contribution is -0.136. The number of hydrazone groups is 1. The van der Waals surface area contributed by atoms with Crippen molar-refractivity contribution in [3.05, 3.63) is 88.9 Å². The Morgan fingerprint density at radius 2 is 1.62 bits per heavy atom. The minimum absolute atomic E-state index is 0.286. The minimum atomic E-state index is -0.947. The van der Waals surface area contributed by atoms with Gasteiger partial charge in [0.05, 0.1) is 18.9 Å². The summed E-state index contributed by atoms with van der Waals surface area (Å²) in [5.41, 5.74) is 3.43. The first-order valence-electron chi connectivity index (χ1n) is 9.31. The number of carbonyl (C=O) groups excluding carboxylic acids is 3. The molecule has 162 valence electrons. The highest BCUT2D eigenvalue weighted by atomic mass is 35.5. The topological polar surface area (TPSA) is 106 Å². The predicted octanol–water partition coefficient (Wildman–Crippen LogP) is 3.66. The van der Waals surface area contributed by atoms with Crippen molar-refractivity contribution in [2.45, 2.75) is 0 Å². The van der Waals surface area contributed by atoms with Crippen molar-refractivity contribution in [3.63, 3.8) is 0 Å². The van der Waals surface area contributed by atoms with Crippen LogP contribution in [0.3, 0.4) is 0 Å². The maximum atomic E-state index is 12.3. The first kappa shape index (κ1) is 22.5. The van der Waals surface area contributed by atoms with Gasteiger partial charge in [0.25, 0.3) is 0 Å². The van der Waals surface area contributed by atoms with E-state index in [-0.39, 0.29) is 5.75 Å². The Hall–Kier alpha value is -4.17. The van der Waals surface area contributed by atoms with E-state index in [1.807, 2.05) is 0 Å². The molecule has 0 aromatic heterocycles. The molecular formula is C23H18ClN3O5. The highest BCUT2D eigenvalue weighted by Crippen LogP contribution is 2.17. The monoisotopic (exact) mass is 451 g/mol. The van der Waals surface area contributed by atoms with Crippen LogP contribution in [0.2, 0.25) is 5.02 Å². The summed E-state index contributed by atoms with van der Waals surface area (Å²) in [5, 5.41) is 6.69. The summed E-state index contributed by atoms with van der Waals surface area (Å²) in [7, 11) is 1.51. The van der Waals surface area contributed by atoms with Gasteiger partial charge in [-0.1, -0.05) is 29.8 Å². The molecule has 0 aliphatic heterocycles. The van der Waals surface area contributed by atoms with Crippen molar-refractivity contribution in [1.82, 2.24) is 5.43 Å². The lowest BCUT2D eigenvalue weighted by atomic mass is 10.2. The van der Waals surface area contributed by atoms with Gasteiger partial charge in [-0.3, -0.25) is 9.59 Å². The van der Waals surface area contributed by atoms with E-state index in [9.17, 15) is 14.4 Å². The van der Waals surface area contributed by atoms with Crippen molar-refractivity contribution in [1.29, 1.82) is 0 Å². The number of hydrogen-bond acceptors (Lipinski definition) is 6. The van der Waals surface area contributed by atoms with Crippen LogP contribution in [0.15, 0.2) is 77.9 Å². The maximum absolute atomic E-state index is 12.3. The molecule has 3 aromatic carbocycles. The maximum Gasteiger partial charge on any atom is 0.343 e. The molecule has 0 unspecified atom stereocenters. The zero-order valence-electron chi connectivity index (χ0n) is 16.9. The Bertz CT molecular complexity index is 1160. The summed E-state index contributed by atoms with van der Waals surface area (Å²) in [4.78, 5) is 36.1. The predicted molar refractivity (Wildman–Crippen MR) is 120 cm³/mol. The van der Waals surface area contributed by atoms with Crippen LogP contribution in [0, 0.1) is 0 Å². The molecule has 0 radical (unpaired) electrons. The summed E-state index contributed by atoms with van der Waals surface area (Å²) in [6.45, 7) is 0. The molecule has 0 saturated heterocycles. The van der Waals surface area contributed by atoms with Gasteiger partial charge in [-0.25, -0.2) is 10.2 Å². The zero-order chi connectivity index (χ0) is 22.9. The molecule has 3 rings (SSSR count). The molecule has 0 aliphatic carbocycles. The van der Waals surface area contributed by atoms with E-state index in [0.717, 1.165) is 0 Å². The van der Waals surface area contributed by atoms with E-state index in [1.54, 1.807) is 72.8 Å². The second kappa shape index (κ2) is 10.7. The fraction of sp³-hybridized carbons (Fsp3) is 0.0435. The van der Waals surface area contributed by atoms with Crippen molar-refractivity contribution in [3.8, 4) is 11.5 Å². The zero-order valence-corrected chi connectivity index (χ0v) is 17.6. The number of ether oxygens (including phenoxy) is 2. The molecule has 32 heavy (non-hydrogen) atoms. The van der Waals surface area contributed by atoms with Crippen LogP contribution in [0.5, 0.6) is 11.5 Å². The molecule has 3 aromatic rings. The Kier molecular flexibility index (Phi) is 7.55. The molecule has 2 amide bonds. The van der Waals surface area contributed by atoms with Crippen LogP contribution >= 0.6 is 11.6 Å². The number of benzene rings is 3. The van der Waals surface area contributed by atoms with E-state index in [4.69, 9.17) is 21.1 Å². The Morgan fingerprint density at radius 3 is 2.38 bits per heavy atom. The third-order valence-electron chi connectivity index (χ3n) is 4.06. The van der Waals surface area contributed by atoms with Gasteiger partial charge in [0.15, 0.2) is 0 Å². The molecule has 0 saturated carbocycles. The molecule has 9 heteroatoms. The fourth-order valence-electron chi connectivity index (χ4n) is 2.51. The van der Waals surface area contributed by atoms with Crippen molar-refractivity contribution >= 4 is 41.3 Å². The third-order valence-corrected chi connectivity index (χ3v) is 4.31. The van der Waals surface area contributed by atoms with Crippen LogP contribution < -0.4 is 20.2 Å². The normalized spacial score (nSPS) is 10.4. The SMILES string of the molecule is COc1cccc(C(=O)Oc2cccc(/C=N/NC(=O)C(=O)Nc3ccc(Cl)cc3)c2)c1. The molecule has 0 fully saturated rings. The van der Waals surface area contributed by atoms with Crippen molar-refractivity contribution in [2.24, 2.45) is 5.10 Å². The number of methoxy groups -OCH3 is 1. The smallest absolute Gasteiger partial charge is 0.343 e. The highest BCUT2D eigenvalue weighted by molar-refractivity contribution is 6.39. The van der Waals surface area contributed by atoms with E-state index in [1.165, 1.54) is 13.3 Å². The molecule has 8 nitrogen and oxygen atoms in total. The number of amides is 2.